The third-order valence-electron chi connectivity index (χ3n) is 3.57. The number of anilines is 1. The molecular weight excluding hydrogens is 264 g/mol. The first-order valence-corrected chi connectivity index (χ1v) is 6.82. The molecule has 0 fully saturated rings. The number of hydrogen-bond donors (Lipinski definition) is 1. The number of benzene rings is 1. The van der Waals surface area contributed by atoms with Gasteiger partial charge in [0.1, 0.15) is 0 Å². The van der Waals surface area contributed by atoms with E-state index in [0.717, 1.165) is 17.0 Å². The molecule has 1 N–H and O–H groups in total. The summed E-state index contributed by atoms with van der Waals surface area (Å²) in [5, 5.41) is 16.0. The molecule has 108 valence electrons. The SMILES string of the molecule is Cc1nn(CCC(=O)Nc2cccc(C#N)c2)c(C)c1C. The average Bonchev–Trinajstić information content (AvgIpc) is 2.72. The Morgan fingerprint density at radius 2 is 2.14 bits per heavy atom. The fourth-order valence-electron chi connectivity index (χ4n) is 2.10. The molecule has 0 saturated heterocycles. The molecule has 2 rings (SSSR count). The second kappa shape index (κ2) is 6.23. The summed E-state index contributed by atoms with van der Waals surface area (Å²) in [5.74, 6) is -0.0877. The highest BCUT2D eigenvalue weighted by Gasteiger charge is 2.09. The van der Waals surface area contributed by atoms with Gasteiger partial charge in [0, 0.05) is 24.3 Å². The second-order valence-corrected chi connectivity index (χ2v) is 5.01. The number of nitrogens with one attached hydrogen (secondary N) is 1. The first-order chi connectivity index (χ1) is 10.0. The summed E-state index contributed by atoms with van der Waals surface area (Å²) in [6, 6.07) is 8.93. The van der Waals surface area contributed by atoms with E-state index in [2.05, 4.69) is 10.4 Å². The van der Waals surface area contributed by atoms with Crippen LogP contribution in [0.4, 0.5) is 5.69 Å². The Balaban J connectivity index is 1.96. The van der Waals surface area contributed by atoms with Crippen molar-refractivity contribution in [2.75, 3.05) is 5.32 Å². The summed E-state index contributed by atoms with van der Waals surface area (Å²) in [6.07, 6.45) is 0.345. The molecule has 0 aliphatic carbocycles. The summed E-state index contributed by atoms with van der Waals surface area (Å²) < 4.78 is 1.86. The molecule has 0 aliphatic rings. The summed E-state index contributed by atoms with van der Waals surface area (Å²) in [4.78, 5) is 12.0. The topological polar surface area (TPSA) is 70.7 Å². The van der Waals surface area contributed by atoms with Crippen molar-refractivity contribution in [1.82, 2.24) is 9.78 Å². The molecule has 1 aromatic carbocycles. The van der Waals surface area contributed by atoms with Crippen LogP contribution in [0.3, 0.4) is 0 Å². The molecule has 5 nitrogen and oxygen atoms in total. The summed E-state index contributed by atoms with van der Waals surface area (Å²) in [5.41, 5.74) is 4.42. The van der Waals surface area contributed by atoms with Crippen LogP contribution in [0.25, 0.3) is 0 Å². The first kappa shape index (κ1) is 14.8. The Morgan fingerprint density at radius 3 is 2.76 bits per heavy atom. The van der Waals surface area contributed by atoms with Crippen molar-refractivity contribution in [3.05, 3.63) is 46.8 Å². The lowest BCUT2D eigenvalue weighted by Gasteiger charge is -2.07. The van der Waals surface area contributed by atoms with Crippen molar-refractivity contribution in [1.29, 1.82) is 5.26 Å². The van der Waals surface area contributed by atoms with Crippen molar-refractivity contribution in [3.63, 3.8) is 0 Å². The maximum absolute atomic E-state index is 12.0. The zero-order valence-corrected chi connectivity index (χ0v) is 12.5. The van der Waals surface area contributed by atoms with Crippen LogP contribution in [0, 0.1) is 32.1 Å². The third kappa shape index (κ3) is 3.48. The highest BCUT2D eigenvalue weighted by atomic mass is 16.1. The van der Waals surface area contributed by atoms with Gasteiger partial charge in [-0.1, -0.05) is 6.07 Å². The monoisotopic (exact) mass is 282 g/mol. The molecule has 0 spiro atoms. The van der Waals surface area contributed by atoms with Crippen LogP contribution in [-0.4, -0.2) is 15.7 Å². The fraction of sp³-hybridized carbons (Fsp3) is 0.312. The van der Waals surface area contributed by atoms with E-state index in [9.17, 15) is 4.79 Å². The van der Waals surface area contributed by atoms with Crippen LogP contribution in [0.5, 0.6) is 0 Å². The third-order valence-corrected chi connectivity index (χ3v) is 3.57. The summed E-state index contributed by atoms with van der Waals surface area (Å²) in [6.45, 7) is 6.54. The average molecular weight is 282 g/mol. The van der Waals surface area contributed by atoms with Gasteiger partial charge >= 0.3 is 0 Å². The predicted molar refractivity (Wildman–Crippen MR) is 80.8 cm³/mol. The highest BCUT2D eigenvalue weighted by molar-refractivity contribution is 5.90. The van der Waals surface area contributed by atoms with Gasteiger partial charge in [-0.25, -0.2) is 0 Å². The number of aryl methyl sites for hydroxylation is 2. The van der Waals surface area contributed by atoms with Crippen molar-refractivity contribution in [2.45, 2.75) is 33.7 Å². The van der Waals surface area contributed by atoms with Crippen LogP contribution in [0.2, 0.25) is 0 Å². The maximum Gasteiger partial charge on any atom is 0.226 e. The van der Waals surface area contributed by atoms with Gasteiger partial charge in [0.05, 0.1) is 17.3 Å². The predicted octanol–water partition coefficient (Wildman–Crippen LogP) is 2.71. The minimum atomic E-state index is -0.0877. The number of carbonyl (C=O) groups excluding carboxylic acids is 1. The molecule has 0 bridgehead atoms. The van der Waals surface area contributed by atoms with Crippen molar-refractivity contribution >= 4 is 11.6 Å². The van der Waals surface area contributed by atoms with E-state index in [0.29, 0.717) is 24.2 Å². The number of amides is 1. The zero-order valence-electron chi connectivity index (χ0n) is 12.5. The quantitative estimate of drug-likeness (QED) is 0.937. The van der Waals surface area contributed by atoms with Crippen LogP contribution in [-0.2, 0) is 11.3 Å². The van der Waals surface area contributed by atoms with Crippen LogP contribution in [0.1, 0.15) is 28.9 Å². The van der Waals surface area contributed by atoms with E-state index in [-0.39, 0.29) is 5.91 Å². The number of nitriles is 1. The Morgan fingerprint density at radius 1 is 1.38 bits per heavy atom. The lowest BCUT2D eigenvalue weighted by molar-refractivity contribution is -0.116. The van der Waals surface area contributed by atoms with Crippen molar-refractivity contribution in [2.24, 2.45) is 0 Å². The largest absolute Gasteiger partial charge is 0.326 e. The van der Waals surface area contributed by atoms with E-state index < -0.39 is 0 Å². The number of rotatable bonds is 4. The van der Waals surface area contributed by atoms with Crippen LogP contribution < -0.4 is 5.32 Å². The van der Waals surface area contributed by atoms with E-state index in [1.165, 1.54) is 0 Å². The normalized spacial score (nSPS) is 10.2. The van der Waals surface area contributed by atoms with Crippen molar-refractivity contribution in [3.8, 4) is 6.07 Å². The van der Waals surface area contributed by atoms with E-state index in [4.69, 9.17) is 5.26 Å². The molecule has 2 aromatic rings. The summed E-state index contributed by atoms with van der Waals surface area (Å²) >= 11 is 0. The van der Waals surface area contributed by atoms with Gasteiger partial charge in [0.25, 0.3) is 0 Å². The maximum atomic E-state index is 12.0. The smallest absolute Gasteiger partial charge is 0.226 e. The van der Waals surface area contributed by atoms with Crippen LogP contribution >= 0.6 is 0 Å². The molecule has 0 saturated carbocycles. The molecule has 0 radical (unpaired) electrons. The van der Waals surface area contributed by atoms with Gasteiger partial charge in [-0.3, -0.25) is 9.48 Å². The Kier molecular flexibility index (Phi) is 4.39. The summed E-state index contributed by atoms with van der Waals surface area (Å²) in [7, 11) is 0. The Bertz CT molecular complexity index is 710. The first-order valence-electron chi connectivity index (χ1n) is 6.82. The van der Waals surface area contributed by atoms with Gasteiger partial charge in [-0.2, -0.15) is 10.4 Å². The standard InChI is InChI=1S/C16H18N4O/c1-11-12(2)19-20(13(11)3)8-7-16(21)18-15-6-4-5-14(9-15)10-17/h4-6,9H,7-8H2,1-3H3,(H,18,21). The minimum absolute atomic E-state index is 0.0877. The molecule has 0 atom stereocenters. The van der Waals surface area contributed by atoms with Crippen LogP contribution in [0.15, 0.2) is 24.3 Å². The molecular formula is C16H18N4O. The van der Waals surface area contributed by atoms with E-state index >= 15 is 0 Å². The molecule has 1 heterocycles. The Hall–Kier alpha value is -2.61. The number of aromatic nitrogens is 2. The van der Waals surface area contributed by atoms with Gasteiger partial charge in [0.15, 0.2) is 0 Å². The molecule has 0 unspecified atom stereocenters. The van der Waals surface area contributed by atoms with Gasteiger partial charge in [-0.05, 0) is 44.5 Å². The number of nitrogens with zero attached hydrogens (tertiary/aromatic N) is 3. The van der Waals surface area contributed by atoms with E-state index in [1.54, 1.807) is 24.3 Å². The molecule has 1 amide bonds. The number of carbonyl (C=O) groups is 1. The van der Waals surface area contributed by atoms with Gasteiger partial charge in [0.2, 0.25) is 5.91 Å². The van der Waals surface area contributed by atoms with Crippen molar-refractivity contribution < 1.29 is 4.79 Å². The molecule has 21 heavy (non-hydrogen) atoms. The van der Waals surface area contributed by atoms with E-state index in [1.807, 2.05) is 31.5 Å². The zero-order chi connectivity index (χ0) is 15.4. The fourth-order valence-corrected chi connectivity index (χ4v) is 2.10. The highest BCUT2D eigenvalue weighted by Crippen LogP contribution is 2.13. The lowest BCUT2D eigenvalue weighted by Crippen LogP contribution is -2.15. The molecule has 5 heteroatoms. The second-order valence-electron chi connectivity index (χ2n) is 5.01. The Labute approximate surface area is 124 Å². The molecule has 0 aliphatic heterocycles. The minimum Gasteiger partial charge on any atom is -0.326 e. The van der Waals surface area contributed by atoms with Gasteiger partial charge in [-0.15, -0.1) is 0 Å². The molecule has 1 aromatic heterocycles. The lowest BCUT2D eigenvalue weighted by atomic mass is 10.2. The van der Waals surface area contributed by atoms with Gasteiger partial charge < -0.3 is 5.32 Å². The number of hydrogen-bond acceptors (Lipinski definition) is 3.